The summed E-state index contributed by atoms with van der Waals surface area (Å²) in [6.07, 6.45) is 1.60. The van der Waals surface area contributed by atoms with Gasteiger partial charge in [0.2, 0.25) is 0 Å². The summed E-state index contributed by atoms with van der Waals surface area (Å²) in [5.74, 6) is -0.442. The Morgan fingerprint density at radius 2 is 2.11 bits per heavy atom. The summed E-state index contributed by atoms with van der Waals surface area (Å²) in [7, 11) is 0. The SMILES string of the molecule is Cc1ccc(C(=O)N2CCCC(C)(C)C2C(=O)O)o1. The van der Waals surface area contributed by atoms with Crippen LogP contribution < -0.4 is 0 Å². The molecule has 0 spiro atoms. The van der Waals surface area contributed by atoms with Crippen molar-refractivity contribution >= 4 is 11.9 Å². The van der Waals surface area contributed by atoms with Gasteiger partial charge < -0.3 is 14.4 Å². The van der Waals surface area contributed by atoms with Gasteiger partial charge in [0, 0.05) is 6.54 Å². The second-order valence-corrected chi connectivity index (χ2v) is 5.74. The fraction of sp³-hybridized carbons (Fsp3) is 0.571. The molecule has 1 aromatic heterocycles. The van der Waals surface area contributed by atoms with E-state index < -0.39 is 17.4 Å². The summed E-state index contributed by atoms with van der Waals surface area (Å²) >= 11 is 0. The molecule has 1 aromatic rings. The van der Waals surface area contributed by atoms with Gasteiger partial charge in [-0.25, -0.2) is 4.79 Å². The van der Waals surface area contributed by atoms with Gasteiger partial charge >= 0.3 is 5.97 Å². The fourth-order valence-electron chi connectivity index (χ4n) is 2.77. The third kappa shape index (κ3) is 2.50. The molecule has 1 aliphatic heterocycles. The van der Waals surface area contributed by atoms with Gasteiger partial charge in [-0.05, 0) is 37.3 Å². The van der Waals surface area contributed by atoms with E-state index in [1.54, 1.807) is 19.1 Å². The van der Waals surface area contributed by atoms with Crippen LogP contribution in [0.1, 0.15) is 43.0 Å². The zero-order valence-corrected chi connectivity index (χ0v) is 11.5. The zero-order chi connectivity index (χ0) is 14.2. The first-order chi connectivity index (χ1) is 8.83. The van der Waals surface area contributed by atoms with E-state index in [1.165, 1.54) is 4.90 Å². The third-order valence-corrected chi connectivity index (χ3v) is 3.72. The highest BCUT2D eigenvalue weighted by Gasteiger charge is 2.45. The molecule has 5 heteroatoms. The van der Waals surface area contributed by atoms with Crippen LogP contribution in [0.5, 0.6) is 0 Å². The predicted molar refractivity (Wildman–Crippen MR) is 68.9 cm³/mol. The second kappa shape index (κ2) is 4.72. The number of likely N-dealkylation sites (tertiary alicyclic amines) is 1. The van der Waals surface area contributed by atoms with Crippen LogP contribution in [0, 0.1) is 12.3 Å². The first-order valence-electron chi connectivity index (χ1n) is 6.43. The van der Waals surface area contributed by atoms with Gasteiger partial charge in [-0.1, -0.05) is 13.8 Å². The molecule has 0 bridgehead atoms. The van der Waals surface area contributed by atoms with Crippen molar-refractivity contribution < 1.29 is 19.1 Å². The molecule has 104 valence electrons. The Bertz CT molecular complexity index is 503. The lowest BCUT2D eigenvalue weighted by Gasteiger charge is -2.43. The van der Waals surface area contributed by atoms with E-state index in [1.807, 2.05) is 13.8 Å². The minimum atomic E-state index is -0.957. The normalized spacial score (nSPS) is 22.3. The number of rotatable bonds is 2. The lowest BCUT2D eigenvalue weighted by molar-refractivity contribution is -0.148. The minimum absolute atomic E-state index is 0.210. The summed E-state index contributed by atoms with van der Waals surface area (Å²) in [5, 5.41) is 9.42. The number of carboxylic acids is 1. The molecule has 0 saturated carbocycles. The predicted octanol–water partition coefficient (Wildman–Crippen LogP) is 2.30. The van der Waals surface area contributed by atoms with E-state index in [2.05, 4.69) is 0 Å². The number of carbonyl (C=O) groups is 2. The second-order valence-electron chi connectivity index (χ2n) is 5.74. The van der Waals surface area contributed by atoms with Crippen LogP contribution in [0.4, 0.5) is 0 Å². The smallest absolute Gasteiger partial charge is 0.326 e. The Hall–Kier alpha value is -1.78. The van der Waals surface area contributed by atoms with E-state index in [9.17, 15) is 14.7 Å². The zero-order valence-electron chi connectivity index (χ0n) is 11.5. The van der Waals surface area contributed by atoms with Gasteiger partial charge in [-0.15, -0.1) is 0 Å². The van der Waals surface area contributed by atoms with Crippen LogP contribution in [-0.2, 0) is 4.79 Å². The molecule has 1 aliphatic rings. The van der Waals surface area contributed by atoms with Crippen molar-refractivity contribution in [2.24, 2.45) is 5.41 Å². The molecule has 2 heterocycles. The molecule has 0 aliphatic carbocycles. The molecular formula is C14H19NO4. The molecule has 1 N–H and O–H groups in total. The lowest BCUT2D eigenvalue weighted by atomic mass is 9.76. The Labute approximate surface area is 112 Å². The van der Waals surface area contributed by atoms with Crippen molar-refractivity contribution in [3.05, 3.63) is 23.7 Å². The third-order valence-electron chi connectivity index (χ3n) is 3.72. The maximum atomic E-state index is 12.4. The monoisotopic (exact) mass is 265 g/mol. The van der Waals surface area contributed by atoms with Crippen molar-refractivity contribution in [3.8, 4) is 0 Å². The van der Waals surface area contributed by atoms with Crippen molar-refractivity contribution in [1.82, 2.24) is 4.90 Å². The number of hydrogen-bond donors (Lipinski definition) is 1. The number of nitrogens with zero attached hydrogens (tertiary/aromatic N) is 1. The van der Waals surface area contributed by atoms with E-state index in [0.29, 0.717) is 12.3 Å². The topological polar surface area (TPSA) is 70.8 Å². The van der Waals surface area contributed by atoms with Crippen molar-refractivity contribution in [3.63, 3.8) is 0 Å². The molecule has 1 saturated heterocycles. The van der Waals surface area contributed by atoms with Crippen molar-refractivity contribution in [2.45, 2.75) is 39.7 Å². The Morgan fingerprint density at radius 3 is 2.63 bits per heavy atom. The number of amides is 1. The minimum Gasteiger partial charge on any atom is -0.480 e. The molecule has 1 unspecified atom stereocenters. The van der Waals surface area contributed by atoms with Crippen LogP contribution in [0.25, 0.3) is 0 Å². The van der Waals surface area contributed by atoms with E-state index in [-0.39, 0.29) is 11.7 Å². The standard InChI is InChI=1S/C14H19NO4/c1-9-5-6-10(19-9)12(16)15-8-4-7-14(2,3)11(15)13(17)18/h5-6,11H,4,7-8H2,1-3H3,(H,17,18). The van der Waals surface area contributed by atoms with Crippen LogP contribution >= 0.6 is 0 Å². The van der Waals surface area contributed by atoms with Crippen molar-refractivity contribution in [2.75, 3.05) is 6.54 Å². The number of furan rings is 1. The first kappa shape index (κ1) is 13.6. The molecule has 0 radical (unpaired) electrons. The summed E-state index contributed by atoms with van der Waals surface area (Å²) in [6.45, 7) is 5.99. The van der Waals surface area contributed by atoms with Gasteiger partial charge in [-0.3, -0.25) is 4.79 Å². The van der Waals surface area contributed by atoms with Gasteiger partial charge in [0.1, 0.15) is 11.8 Å². The molecule has 5 nitrogen and oxygen atoms in total. The molecular weight excluding hydrogens is 246 g/mol. The highest BCUT2D eigenvalue weighted by Crippen LogP contribution is 2.36. The fourth-order valence-corrected chi connectivity index (χ4v) is 2.77. The lowest BCUT2D eigenvalue weighted by Crippen LogP contribution is -2.56. The Morgan fingerprint density at radius 1 is 1.42 bits per heavy atom. The van der Waals surface area contributed by atoms with Crippen LogP contribution in [0.15, 0.2) is 16.5 Å². The van der Waals surface area contributed by atoms with Crippen molar-refractivity contribution in [1.29, 1.82) is 0 Å². The number of carboxylic acid groups (broad SMARTS) is 1. The highest BCUT2D eigenvalue weighted by atomic mass is 16.4. The van der Waals surface area contributed by atoms with Gasteiger partial charge in [-0.2, -0.15) is 0 Å². The number of aryl methyl sites for hydroxylation is 1. The van der Waals surface area contributed by atoms with E-state index >= 15 is 0 Å². The van der Waals surface area contributed by atoms with Crippen LogP contribution in [0.3, 0.4) is 0 Å². The van der Waals surface area contributed by atoms with Gasteiger partial charge in [0.05, 0.1) is 0 Å². The van der Waals surface area contributed by atoms with E-state index in [0.717, 1.165) is 12.8 Å². The summed E-state index contributed by atoms with van der Waals surface area (Å²) in [5.41, 5.74) is -0.429. The van der Waals surface area contributed by atoms with Crippen LogP contribution in [0.2, 0.25) is 0 Å². The van der Waals surface area contributed by atoms with Gasteiger partial charge in [0.25, 0.3) is 5.91 Å². The first-order valence-corrected chi connectivity index (χ1v) is 6.43. The number of carbonyl (C=O) groups excluding carboxylic acids is 1. The summed E-state index contributed by atoms with van der Waals surface area (Å²) < 4.78 is 5.31. The van der Waals surface area contributed by atoms with E-state index in [4.69, 9.17) is 4.42 Å². The molecule has 1 amide bonds. The molecule has 19 heavy (non-hydrogen) atoms. The molecule has 2 rings (SSSR count). The highest BCUT2D eigenvalue weighted by molar-refractivity contribution is 5.94. The Kier molecular flexibility index (Phi) is 3.39. The number of hydrogen-bond acceptors (Lipinski definition) is 3. The Balaban J connectivity index is 2.31. The maximum Gasteiger partial charge on any atom is 0.326 e. The van der Waals surface area contributed by atoms with Crippen LogP contribution in [-0.4, -0.2) is 34.5 Å². The van der Waals surface area contributed by atoms with Gasteiger partial charge in [0.15, 0.2) is 5.76 Å². The quantitative estimate of drug-likeness (QED) is 0.890. The summed E-state index contributed by atoms with van der Waals surface area (Å²) in [4.78, 5) is 25.3. The molecule has 1 fully saturated rings. The molecule has 1 atom stereocenters. The molecule has 0 aromatic carbocycles. The average Bonchev–Trinajstić information content (AvgIpc) is 2.72. The number of piperidine rings is 1. The number of aliphatic carboxylic acids is 1. The summed E-state index contributed by atoms with van der Waals surface area (Å²) in [6, 6.07) is 2.50. The largest absolute Gasteiger partial charge is 0.480 e. The maximum absolute atomic E-state index is 12.4. The average molecular weight is 265 g/mol.